The average molecular weight is 374 g/mol. The van der Waals surface area contributed by atoms with Crippen molar-refractivity contribution in [2.75, 3.05) is 23.7 Å². The lowest BCUT2D eigenvalue weighted by molar-refractivity contribution is -0.384. The molecule has 0 heterocycles. The quantitative estimate of drug-likeness (QED) is 0.319. The van der Waals surface area contributed by atoms with Gasteiger partial charge in [0.1, 0.15) is 17.9 Å². The predicted octanol–water partition coefficient (Wildman–Crippen LogP) is 2.00. The molecule has 0 bridgehead atoms. The highest BCUT2D eigenvalue weighted by Crippen LogP contribution is 2.28. The molecule has 140 valence electrons. The maximum Gasteiger partial charge on any atom is 0.332 e. The Morgan fingerprint density at radius 3 is 2.52 bits per heavy atom. The van der Waals surface area contributed by atoms with Gasteiger partial charge < -0.3 is 9.47 Å². The Bertz CT molecular complexity index is 739. The Kier molecular flexibility index (Phi) is 6.88. The Morgan fingerprint density at radius 1 is 1.32 bits per heavy atom. The molecule has 0 spiro atoms. The number of carbonyl (C=O) groups is 1. The fourth-order valence-corrected chi connectivity index (χ4v) is 2.84. The van der Waals surface area contributed by atoms with E-state index in [1.807, 2.05) is 0 Å². The van der Waals surface area contributed by atoms with Crippen molar-refractivity contribution in [3.05, 3.63) is 33.9 Å². The number of benzene rings is 1. The van der Waals surface area contributed by atoms with E-state index in [4.69, 9.17) is 9.47 Å². The number of aryl methyl sites for hydroxylation is 1. The van der Waals surface area contributed by atoms with Gasteiger partial charge in [-0.25, -0.2) is 13.2 Å². The van der Waals surface area contributed by atoms with Crippen molar-refractivity contribution in [2.24, 2.45) is 0 Å². The minimum absolute atomic E-state index is 0.114. The van der Waals surface area contributed by atoms with Crippen LogP contribution in [0.25, 0.3) is 0 Å². The van der Waals surface area contributed by atoms with Gasteiger partial charge in [0.05, 0.1) is 17.3 Å². The summed E-state index contributed by atoms with van der Waals surface area (Å²) in [5, 5.41) is 11.1. The Labute approximate surface area is 146 Å². The summed E-state index contributed by atoms with van der Waals surface area (Å²) in [4.78, 5) is 21.9. The second-order valence-corrected chi connectivity index (χ2v) is 8.13. The second kappa shape index (κ2) is 8.26. The first-order valence-electron chi connectivity index (χ1n) is 7.45. The van der Waals surface area contributed by atoms with Crippen molar-refractivity contribution in [1.82, 2.24) is 0 Å². The van der Waals surface area contributed by atoms with Gasteiger partial charge >= 0.3 is 5.97 Å². The highest BCUT2D eigenvalue weighted by Gasteiger charge is 2.21. The minimum atomic E-state index is -3.87. The number of carbonyl (C=O) groups excluding carboxylic acids is 1. The summed E-state index contributed by atoms with van der Waals surface area (Å²) in [5.41, 5.74) is -0.734. The molecule has 0 fully saturated rings. The Morgan fingerprint density at radius 2 is 1.96 bits per heavy atom. The van der Waals surface area contributed by atoms with Gasteiger partial charge in [0, 0.05) is 5.56 Å². The topological polar surface area (TPSA) is 125 Å². The van der Waals surface area contributed by atoms with E-state index >= 15 is 0 Å². The van der Waals surface area contributed by atoms with Gasteiger partial charge in [0.25, 0.3) is 5.69 Å². The predicted molar refractivity (Wildman–Crippen MR) is 91.9 cm³/mol. The number of nitro groups is 1. The van der Waals surface area contributed by atoms with Crippen LogP contribution >= 0.6 is 0 Å². The van der Waals surface area contributed by atoms with Crippen LogP contribution in [-0.4, -0.2) is 43.9 Å². The molecule has 1 N–H and O–H groups in total. The molecule has 9 nitrogen and oxygen atoms in total. The minimum Gasteiger partial charge on any atom is -0.458 e. The van der Waals surface area contributed by atoms with Crippen LogP contribution in [-0.2, 0) is 24.3 Å². The van der Waals surface area contributed by atoms with Crippen LogP contribution in [0.4, 0.5) is 11.4 Å². The number of para-hydroxylation sites is 1. The number of esters is 1. The maximum absolute atomic E-state index is 12.0. The van der Waals surface area contributed by atoms with E-state index in [1.54, 1.807) is 20.8 Å². The molecule has 0 aliphatic heterocycles. The standard InChI is InChI=1S/C15H22N2O7S/c1-11-6-5-7-12(14(11)17(19)20)16-25(21,22)9-8-23-10-13(18)24-15(2,3)4/h5-7,16H,8-10H2,1-4H3. The Hall–Kier alpha value is -2.20. The normalized spacial score (nSPS) is 11.8. The van der Waals surface area contributed by atoms with Crippen molar-refractivity contribution in [3.8, 4) is 0 Å². The van der Waals surface area contributed by atoms with Crippen molar-refractivity contribution >= 4 is 27.4 Å². The third kappa shape index (κ3) is 7.48. The molecule has 0 amide bonds. The number of nitro benzene ring substituents is 1. The third-order valence-electron chi connectivity index (χ3n) is 2.82. The molecule has 0 aromatic heterocycles. The van der Waals surface area contributed by atoms with Crippen LogP contribution in [0.15, 0.2) is 18.2 Å². The molecule has 1 aromatic rings. The van der Waals surface area contributed by atoms with E-state index in [0.717, 1.165) is 0 Å². The monoisotopic (exact) mass is 374 g/mol. The first-order valence-corrected chi connectivity index (χ1v) is 9.10. The SMILES string of the molecule is Cc1cccc(NS(=O)(=O)CCOCC(=O)OC(C)(C)C)c1[N+](=O)[O-]. The number of sulfonamides is 1. The van der Waals surface area contributed by atoms with Crippen LogP contribution in [0.1, 0.15) is 26.3 Å². The highest BCUT2D eigenvalue weighted by atomic mass is 32.2. The van der Waals surface area contributed by atoms with Crippen LogP contribution in [0.5, 0.6) is 0 Å². The van der Waals surface area contributed by atoms with Gasteiger partial charge in [0.2, 0.25) is 10.0 Å². The number of hydrogen-bond acceptors (Lipinski definition) is 7. The summed E-state index contributed by atoms with van der Waals surface area (Å²) < 4.78 is 36.2. The number of nitrogens with one attached hydrogen (secondary N) is 1. The molecule has 1 aromatic carbocycles. The lowest BCUT2D eigenvalue weighted by Crippen LogP contribution is -2.27. The summed E-state index contributed by atoms with van der Waals surface area (Å²) >= 11 is 0. The van der Waals surface area contributed by atoms with Gasteiger partial charge in [-0.3, -0.25) is 14.8 Å². The molecule has 25 heavy (non-hydrogen) atoms. The maximum atomic E-state index is 12.0. The van der Waals surface area contributed by atoms with Crippen molar-refractivity contribution in [3.63, 3.8) is 0 Å². The van der Waals surface area contributed by atoms with Crippen LogP contribution < -0.4 is 4.72 Å². The van der Waals surface area contributed by atoms with Crippen LogP contribution in [0.3, 0.4) is 0 Å². The first-order chi connectivity index (χ1) is 11.4. The fourth-order valence-electron chi connectivity index (χ4n) is 1.90. The van der Waals surface area contributed by atoms with Gasteiger partial charge in [-0.2, -0.15) is 0 Å². The number of rotatable bonds is 8. The summed E-state index contributed by atoms with van der Waals surface area (Å²) in [6.45, 7) is 5.99. The molecular weight excluding hydrogens is 352 g/mol. The van der Waals surface area contributed by atoms with Crippen molar-refractivity contribution in [2.45, 2.75) is 33.3 Å². The van der Waals surface area contributed by atoms with E-state index in [-0.39, 0.29) is 24.6 Å². The van der Waals surface area contributed by atoms with E-state index in [9.17, 15) is 23.3 Å². The number of anilines is 1. The lowest BCUT2D eigenvalue weighted by Gasteiger charge is -2.19. The first kappa shape index (κ1) is 20.8. The summed E-state index contributed by atoms with van der Waals surface area (Å²) in [5.74, 6) is -1.06. The molecule has 0 aliphatic rings. The summed E-state index contributed by atoms with van der Waals surface area (Å²) in [7, 11) is -3.87. The third-order valence-corrected chi connectivity index (χ3v) is 4.06. The zero-order valence-corrected chi connectivity index (χ0v) is 15.4. The molecule has 0 saturated heterocycles. The number of hydrogen-bond donors (Lipinski definition) is 1. The van der Waals surface area contributed by atoms with Gasteiger partial charge in [-0.15, -0.1) is 0 Å². The molecule has 0 atom stereocenters. The van der Waals surface area contributed by atoms with Gasteiger partial charge in [-0.1, -0.05) is 12.1 Å². The highest BCUT2D eigenvalue weighted by molar-refractivity contribution is 7.92. The lowest BCUT2D eigenvalue weighted by atomic mass is 10.2. The molecule has 1 rings (SSSR count). The van der Waals surface area contributed by atoms with E-state index in [0.29, 0.717) is 5.56 Å². The molecule has 0 aliphatic carbocycles. The number of ether oxygens (including phenoxy) is 2. The zero-order valence-electron chi connectivity index (χ0n) is 14.6. The van der Waals surface area contributed by atoms with E-state index in [1.165, 1.54) is 25.1 Å². The largest absolute Gasteiger partial charge is 0.458 e. The summed E-state index contributed by atoms with van der Waals surface area (Å²) in [6.07, 6.45) is 0. The Balaban J connectivity index is 2.60. The molecular formula is C15H22N2O7S. The second-order valence-electron chi connectivity index (χ2n) is 6.29. The fraction of sp³-hybridized carbons (Fsp3) is 0.533. The van der Waals surface area contributed by atoms with E-state index < -0.39 is 32.3 Å². The molecule has 10 heteroatoms. The van der Waals surface area contributed by atoms with Crippen LogP contribution in [0.2, 0.25) is 0 Å². The molecule has 0 saturated carbocycles. The van der Waals surface area contributed by atoms with E-state index in [2.05, 4.69) is 4.72 Å². The van der Waals surface area contributed by atoms with Crippen LogP contribution in [0, 0.1) is 17.0 Å². The van der Waals surface area contributed by atoms with Crippen molar-refractivity contribution < 1.29 is 27.6 Å². The average Bonchev–Trinajstić information content (AvgIpc) is 2.41. The zero-order chi connectivity index (χ0) is 19.3. The molecule has 0 unspecified atom stereocenters. The van der Waals surface area contributed by atoms with Gasteiger partial charge in [0.15, 0.2) is 0 Å². The smallest absolute Gasteiger partial charge is 0.332 e. The van der Waals surface area contributed by atoms with Crippen molar-refractivity contribution in [1.29, 1.82) is 0 Å². The van der Waals surface area contributed by atoms with Gasteiger partial charge in [-0.05, 0) is 33.8 Å². The molecule has 0 radical (unpaired) electrons. The number of nitrogens with zero attached hydrogens (tertiary/aromatic N) is 1. The summed E-state index contributed by atoms with van der Waals surface area (Å²) in [6, 6.07) is 4.34.